The average Bonchev–Trinajstić information content (AvgIpc) is 2.72. The van der Waals surface area contributed by atoms with Gasteiger partial charge in [0.15, 0.2) is 0 Å². The van der Waals surface area contributed by atoms with E-state index in [1.54, 1.807) is 18.4 Å². The fourth-order valence-corrected chi connectivity index (χ4v) is 2.90. The highest BCUT2D eigenvalue weighted by molar-refractivity contribution is 7.11. The molecule has 0 unspecified atom stereocenters. The zero-order valence-corrected chi connectivity index (χ0v) is 11.6. The molecule has 2 rings (SSSR count). The van der Waals surface area contributed by atoms with E-state index in [9.17, 15) is 0 Å². The van der Waals surface area contributed by atoms with Crippen LogP contribution in [-0.2, 0) is 24.3 Å². The van der Waals surface area contributed by atoms with Crippen LogP contribution in [0.5, 0.6) is 0 Å². The molecule has 18 heavy (non-hydrogen) atoms. The van der Waals surface area contributed by atoms with Crippen molar-refractivity contribution in [2.75, 3.05) is 7.11 Å². The molecule has 1 aromatic heterocycles. The Morgan fingerprint density at radius 1 is 1.39 bits per heavy atom. The number of ether oxygens (including phenoxy) is 1. The summed E-state index contributed by atoms with van der Waals surface area (Å²) in [6.45, 7) is 3.17. The molecule has 2 aromatic rings. The molecule has 0 radical (unpaired) electrons. The zero-order chi connectivity index (χ0) is 13.0. The van der Waals surface area contributed by atoms with Crippen molar-refractivity contribution in [2.24, 2.45) is 5.73 Å². The number of rotatable bonds is 5. The minimum Gasteiger partial charge on any atom is -0.378 e. The molecule has 0 aliphatic heterocycles. The molecule has 4 heteroatoms. The summed E-state index contributed by atoms with van der Waals surface area (Å²) in [7, 11) is 1.68. The lowest BCUT2D eigenvalue weighted by Gasteiger charge is -1.99. The summed E-state index contributed by atoms with van der Waals surface area (Å²) >= 11 is 1.68. The fourth-order valence-electron chi connectivity index (χ4n) is 1.92. The molecule has 0 saturated carbocycles. The first-order valence-electron chi connectivity index (χ1n) is 5.95. The molecule has 2 N–H and O–H groups in total. The van der Waals surface area contributed by atoms with Gasteiger partial charge < -0.3 is 10.5 Å². The Labute approximate surface area is 112 Å². The van der Waals surface area contributed by atoms with Gasteiger partial charge in [0.1, 0.15) is 0 Å². The molecule has 0 atom stereocenters. The summed E-state index contributed by atoms with van der Waals surface area (Å²) in [5, 5.41) is 1.10. The van der Waals surface area contributed by atoms with Crippen LogP contribution in [0.2, 0.25) is 0 Å². The summed E-state index contributed by atoms with van der Waals surface area (Å²) in [6.07, 6.45) is 0.864. The number of nitrogens with zero attached hydrogens (tertiary/aromatic N) is 1. The Hall–Kier alpha value is -1.23. The van der Waals surface area contributed by atoms with Gasteiger partial charge in [0, 0.05) is 25.0 Å². The van der Waals surface area contributed by atoms with Gasteiger partial charge in [-0.25, -0.2) is 4.98 Å². The van der Waals surface area contributed by atoms with E-state index in [2.05, 4.69) is 36.2 Å². The topological polar surface area (TPSA) is 48.1 Å². The van der Waals surface area contributed by atoms with E-state index in [1.165, 1.54) is 11.1 Å². The van der Waals surface area contributed by atoms with Crippen LogP contribution >= 0.6 is 11.3 Å². The molecular weight excluding hydrogens is 244 g/mol. The smallest absolute Gasteiger partial charge is 0.0976 e. The summed E-state index contributed by atoms with van der Waals surface area (Å²) in [6, 6.07) is 8.51. The number of hydrogen-bond donors (Lipinski definition) is 1. The van der Waals surface area contributed by atoms with Gasteiger partial charge in [-0.1, -0.05) is 29.8 Å². The van der Waals surface area contributed by atoms with Gasteiger partial charge in [0.2, 0.25) is 0 Å². The van der Waals surface area contributed by atoms with Crippen LogP contribution in [0.4, 0.5) is 0 Å². The van der Waals surface area contributed by atoms with E-state index in [0.717, 1.165) is 22.0 Å². The number of hydrogen-bond acceptors (Lipinski definition) is 4. The highest BCUT2D eigenvalue weighted by Gasteiger charge is 2.10. The van der Waals surface area contributed by atoms with Crippen molar-refractivity contribution in [3.63, 3.8) is 0 Å². The van der Waals surface area contributed by atoms with Gasteiger partial charge >= 0.3 is 0 Å². The second-order valence-electron chi connectivity index (χ2n) is 4.28. The third-order valence-electron chi connectivity index (χ3n) is 2.73. The van der Waals surface area contributed by atoms with Crippen molar-refractivity contribution in [2.45, 2.75) is 26.5 Å². The van der Waals surface area contributed by atoms with Gasteiger partial charge in [0.05, 0.1) is 17.3 Å². The van der Waals surface area contributed by atoms with Crippen LogP contribution in [0.25, 0.3) is 0 Å². The van der Waals surface area contributed by atoms with Gasteiger partial charge in [-0.2, -0.15) is 0 Å². The lowest BCUT2D eigenvalue weighted by atomic mass is 10.1. The van der Waals surface area contributed by atoms with Crippen LogP contribution in [0, 0.1) is 6.92 Å². The van der Waals surface area contributed by atoms with Gasteiger partial charge in [-0.05, 0) is 12.5 Å². The standard InChI is InChI=1S/C14H18N2OS/c1-10-4-3-5-11(6-10)7-14-16-12(9-17-2)13(8-15)18-14/h3-6H,7-9,15H2,1-2H3. The molecule has 96 valence electrons. The van der Waals surface area contributed by atoms with E-state index in [0.29, 0.717) is 13.2 Å². The number of aryl methyl sites for hydroxylation is 1. The first-order chi connectivity index (χ1) is 8.72. The van der Waals surface area contributed by atoms with E-state index in [1.807, 2.05) is 0 Å². The van der Waals surface area contributed by atoms with Crippen molar-refractivity contribution < 1.29 is 4.74 Å². The quantitative estimate of drug-likeness (QED) is 0.901. The number of methoxy groups -OCH3 is 1. The van der Waals surface area contributed by atoms with Crippen LogP contribution < -0.4 is 5.73 Å². The molecular formula is C14H18N2OS. The van der Waals surface area contributed by atoms with Crippen LogP contribution in [0.1, 0.15) is 26.7 Å². The van der Waals surface area contributed by atoms with E-state index in [4.69, 9.17) is 10.5 Å². The Morgan fingerprint density at radius 3 is 2.89 bits per heavy atom. The van der Waals surface area contributed by atoms with Crippen LogP contribution in [0.15, 0.2) is 24.3 Å². The monoisotopic (exact) mass is 262 g/mol. The third kappa shape index (κ3) is 3.16. The van der Waals surface area contributed by atoms with Gasteiger partial charge in [0.25, 0.3) is 0 Å². The first-order valence-corrected chi connectivity index (χ1v) is 6.76. The van der Waals surface area contributed by atoms with Gasteiger partial charge in [-0.15, -0.1) is 11.3 Å². The molecule has 3 nitrogen and oxygen atoms in total. The molecule has 1 heterocycles. The minimum atomic E-state index is 0.532. The molecule has 0 aliphatic carbocycles. The Balaban J connectivity index is 2.19. The summed E-state index contributed by atoms with van der Waals surface area (Å²) < 4.78 is 5.14. The lowest BCUT2D eigenvalue weighted by molar-refractivity contribution is 0.181. The second-order valence-corrected chi connectivity index (χ2v) is 5.45. The largest absolute Gasteiger partial charge is 0.378 e. The predicted octanol–water partition coefficient (Wildman–Crippen LogP) is 2.65. The van der Waals surface area contributed by atoms with Gasteiger partial charge in [-0.3, -0.25) is 0 Å². The highest BCUT2D eigenvalue weighted by atomic mass is 32.1. The van der Waals surface area contributed by atoms with Crippen LogP contribution in [-0.4, -0.2) is 12.1 Å². The highest BCUT2D eigenvalue weighted by Crippen LogP contribution is 2.21. The fraction of sp³-hybridized carbons (Fsp3) is 0.357. The average molecular weight is 262 g/mol. The summed E-state index contributed by atoms with van der Waals surface area (Å²) in [5.41, 5.74) is 9.27. The van der Waals surface area contributed by atoms with Crippen molar-refractivity contribution in [1.29, 1.82) is 0 Å². The Bertz CT molecular complexity index is 522. The van der Waals surface area contributed by atoms with Crippen molar-refractivity contribution >= 4 is 11.3 Å². The molecule has 0 spiro atoms. The maximum absolute atomic E-state index is 5.73. The van der Waals surface area contributed by atoms with E-state index >= 15 is 0 Å². The number of nitrogens with two attached hydrogens (primary N) is 1. The predicted molar refractivity (Wildman–Crippen MR) is 74.7 cm³/mol. The zero-order valence-electron chi connectivity index (χ0n) is 10.8. The third-order valence-corrected chi connectivity index (χ3v) is 3.85. The van der Waals surface area contributed by atoms with Crippen LogP contribution in [0.3, 0.4) is 0 Å². The normalized spacial score (nSPS) is 10.8. The maximum Gasteiger partial charge on any atom is 0.0976 e. The summed E-state index contributed by atoms with van der Waals surface area (Å²) in [5.74, 6) is 0. The molecule has 0 fully saturated rings. The van der Waals surface area contributed by atoms with E-state index in [-0.39, 0.29) is 0 Å². The number of aromatic nitrogens is 1. The van der Waals surface area contributed by atoms with E-state index < -0.39 is 0 Å². The molecule has 0 saturated heterocycles. The number of thiazole rings is 1. The Kier molecular flexibility index (Phi) is 4.47. The number of benzene rings is 1. The maximum atomic E-state index is 5.73. The molecule has 0 bridgehead atoms. The molecule has 0 aliphatic rings. The lowest BCUT2D eigenvalue weighted by Crippen LogP contribution is -1.99. The van der Waals surface area contributed by atoms with Crippen molar-refractivity contribution in [1.82, 2.24) is 4.98 Å². The summed E-state index contributed by atoms with van der Waals surface area (Å²) in [4.78, 5) is 5.73. The Morgan fingerprint density at radius 2 is 2.22 bits per heavy atom. The first kappa shape index (κ1) is 13.2. The SMILES string of the molecule is COCc1nc(Cc2cccc(C)c2)sc1CN. The molecule has 0 amide bonds. The van der Waals surface area contributed by atoms with Crippen molar-refractivity contribution in [3.8, 4) is 0 Å². The van der Waals surface area contributed by atoms with Crippen molar-refractivity contribution in [3.05, 3.63) is 51.0 Å². The molecule has 1 aromatic carbocycles. The second kappa shape index (κ2) is 6.09. The minimum absolute atomic E-state index is 0.532.